The van der Waals surface area contributed by atoms with E-state index in [4.69, 9.17) is 9.47 Å². The van der Waals surface area contributed by atoms with Gasteiger partial charge in [-0.1, -0.05) is 0 Å². The molecule has 88 valence electrons. The highest BCUT2D eigenvalue weighted by Gasteiger charge is 2.21. The molecular weight excluding hydrogens is 220 g/mol. The van der Waals surface area contributed by atoms with E-state index in [-0.39, 0.29) is 5.56 Å². The molecule has 0 radical (unpaired) electrons. The van der Waals surface area contributed by atoms with E-state index >= 15 is 0 Å². The first kappa shape index (κ1) is 10.2. The van der Waals surface area contributed by atoms with Crippen LogP contribution in [0.15, 0.2) is 29.1 Å². The second-order valence-electron chi connectivity index (χ2n) is 3.89. The van der Waals surface area contributed by atoms with Crippen LogP contribution < -0.4 is 10.3 Å². The molecule has 1 aromatic carbocycles. The highest BCUT2D eigenvalue weighted by Crippen LogP contribution is 2.21. The van der Waals surface area contributed by atoms with Gasteiger partial charge in [-0.15, -0.1) is 0 Å². The van der Waals surface area contributed by atoms with E-state index in [2.05, 4.69) is 5.10 Å². The lowest BCUT2D eigenvalue weighted by molar-refractivity contribution is 0.130. The van der Waals surface area contributed by atoms with Crippen LogP contribution in [-0.2, 0) is 18.0 Å². The Kier molecular flexibility index (Phi) is 2.26. The number of hydrogen-bond donors (Lipinski definition) is 1. The molecule has 2 heterocycles. The second kappa shape index (κ2) is 3.78. The fourth-order valence-corrected chi connectivity index (χ4v) is 2.00. The third-order valence-corrected chi connectivity index (χ3v) is 2.92. The summed E-state index contributed by atoms with van der Waals surface area (Å²) in [4.78, 5) is 11.6. The molecule has 0 atom stereocenters. The first-order chi connectivity index (χ1) is 8.29. The van der Waals surface area contributed by atoms with Crippen molar-refractivity contribution in [2.45, 2.75) is 13.2 Å². The molecule has 1 aliphatic rings. The maximum absolute atomic E-state index is 11.6. The summed E-state index contributed by atoms with van der Waals surface area (Å²) in [6, 6.07) is 7.51. The van der Waals surface area contributed by atoms with E-state index in [1.165, 1.54) is 0 Å². The fourth-order valence-electron chi connectivity index (χ4n) is 2.00. The van der Waals surface area contributed by atoms with Gasteiger partial charge in [-0.2, -0.15) is 0 Å². The van der Waals surface area contributed by atoms with E-state index in [1.807, 2.05) is 24.3 Å². The zero-order valence-corrected chi connectivity index (χ0v) is 9.40. The molecule has 0 aliphatic carbocycles. The lowest BCUT2D eigenvalue weighted by Crippen LogP contribution is -2.08. The molecule has 2 aromatic rings. The number of fused-ring (bicyclic) bond motifs is 1. The molecule has 0 fully saturated rings. The average Bonchev–Trinajstić information content (AvgIpc) is 2.94. The number of hydrogen-bond acceptors (Lipinski definition) is 3. The quantitative estimate of drug-likeness (QED) is 0.846. The summed E-state index contributed by atoms with van der Waals surface area (Å²) >= 11 is 0. The van der Waals surface area contributed by atoms with Crippen LogP contribution in [0.5, 0.6) is 5.75 Å². The van der Waals surface area contributed by atoms with Gasteiger partial charge in [0.05, 0.1) is 37.3 Å². The lowest BCUT2D eigenvalue weighted by atomic mass is 10.2. The summed E-state index contributed by atoms with van der Waals surface area (Å²) < 4.78 is 12.1. The van der Waals surface area contributed by atoms with Crippen LogP contribution in [0.25, 0.3) is 5.69 Å². The summed E-state index contributed by atoms with van der Waals surface area (Å²) in [7, 11) is 1.62. The van der Waals surface area contributed by atoms with Gasteiger partial charge in [0.15, 0.2) is 0 Å². The van der Waals surface area contributed by atoms with Crippen molar-refractivity contribution in [3.63, 3.8) is 0 Å². The van der Waals surface area contributed by atoms with Gasteiger partial charge >= 0.3 is 0 Å². The van der Waals surface area contributed by atoms with Crippen molar-refractivity contribution in [2.75, 3.05) is 7.11 Å². The number of methoxy groups -OCH3 is 1. The van der Waals surface area contributed by atoms with Crippen LogP contribution in [0.4, 0.5) is 0 Å². The smallest absolute Gasteiger partial charge is 0.270 e. The SMILES string of the molecule is COc1ccc(-n2[nH]c(=O)c3c2COC3)cc1. The van der Waals surface area contributed by atoms with Crippen LogP contribution in [0.3, 0.4) is 0 Å². The van der Waals surface area contributed by atoms with Gasteiger partial charge in [-0.3, -0.25) is 14.6 Å². The van der Waals surface area contributed by atoms with Gasteiger partial charge in [0.25, 0.3) is 5.56 Å². The van der Waals surface area contributed by atoms with Crippen molar-refractivity contribution in [3.8, 4) is 11.4 Å². The third kappa shape index (κ3) is 1.55. The van der Waals surface area contributed by atoms with Crippen LogP contribution in [-0.4, -0.2) is 16.9 Å². The molecule has 0 bridgehead atoms. The standard InChI is InChI=1S/C12H12N2O3/c1-16-9-4-2-8(3-5-9)14-11-7-17-6-10(11)12(15)13-14/h2-5H,6-7H2,1H3,(H,13,15). The van der Waals surface area contributed by atoms with Crippen molar-refractivity contribution in [1.82, 2.24) is 9.78 Å². The Hall–Kier alpha value is -2.01. The summed E-state index contributed by atoms with van der Waals surface area (Å²) in [5.74, 6) is 0.788. The number of nitrogens with one attached hydrogen (secondary N) is 1. The topological polar surface area (TPSA) is 56.2 Å². The molecule has 0 saturated heterocycles. The molecule has 0 unspecified atom stereocenters. The van der Waals surface area contributed by atoms with Crippen molar-refractivity contribution in [2.24, 2.45) is 0 Å². The molecule has 1 aromatic heterocycles. The number of aromatic amines is 1. The summed E-state index contributed by atoms with van der Waals surface area (Å²) in [5, 5.41) is 2.81. The van der Waals surface area contributed by atoms with Crippen molar-refractivity contribution < 1.29 is 9.47 Å². The minimum Gasteiger partial charge on any atom is -0.497 e. The molecule has 5 nitrogen and oxygen atoms in total. The van der Waals surface area contributed by atoms with Gasteiger partial charge in [-0.05, 0) is 24.3 Å². The van der Waals surface area contributed by atoms with E-state index in [9.17, 15) is 4.79 Å². The number of benzene rings is 1. The molecule has 0 amide bonds. The predicted molar refractivity (Wildman–Crippen MR) is 61.4 cm³/mol. The van der Waals surface area contributed by atoms with Crippen molar-refractivity contribution in [3.05, 3.63) is 45.9 Å². The van der Waals surface area contributed by atoms with Crippen LogP contribution in [0, 0.1) is 0 Å². The summed E-state index contributed by atoms with van der Waals surface area (Å²) in [6.07, 6.45) is 0. The molecule has 17 heavy (non-hydrogen) atoms. The van der Waals surface area contributed by atoms with Crippen LogP contribution in [0.1, 0.15) is 11.3 Å². The minimum absolute atomic E-state index is 0.0756. The van der Waals surface area contributed by atoms with Crippen LogP contribution in [0.2, 0.25) is 0 Å². The Morgan fingerprint density at radius 1 is 1.29 bits per heavy atom. The zero-order chi connectivity index (χ0) is 11.8. The minimum atomic E-state index is -0.0756. The molecule has 1 aliphatic heterocycles. The fraction of sp³-hybridized carbons (Fsp3) is 0.250. The first-order valence-electron chi connectivity index (χ1n) is 5.34. The monoisotopic (exact) mass is 232 g/mol. The molecule has 1 N–H and O–H groups in total. The Morgan fingerprint density at radius 3 is 2.76 bits per heavy atom. The number of aromatic nitrogens is 2. The van der Waals surface area contributed by atoms with E-state index in [0.29, 0.717) is 13.2 Å². The van der Waals surface area contributed by atoms with E-state index < -0.39 is 0 Å². The third-order valence-electron chi connectivity index (χ3n) is 2.92. The lowest BCUT2D eigenvalue weighted by Gasteiger charge is -2.07. The first-order valence-corrected chi connectivity index (χ1v) is 5.34. The normalized spacial score (nSPS) is 13.7. The maximum atomic E-state index is 11.6. The average molecular weight is 232 g/mol. The second-order valence-corrected chi connectivity index (χ2v) is 3.89. The molecule has 5 heteroatoms. The number of H-pyrrole nitrogens is 1. The molecule has 0 spiro atoms. The predicted octanol–water partition coefficient (Wildman–Crippen LogP) is 1.20. The number of rotatable bonds is 2. The van der Waals surface area contributed by atoms with Gasteiger partial charge in [0, 0.05) is 0 Å². The van der Waals surface area contributed by atoms with E-state index in [0.717, 1.165) is 22.7 Å². The molecular formula is C12H12N2O3. The van der Waals surface area contributed by atoms with Gasteiger partial charge in [0.1, 0.15) is 5.75 Å². The van der Waals surface area contributed by atoms with Gasteiger partial charge in [0.2, 0.25) is 0 Å². The van der Waals surface area contributed by atoms with Crippen molar-refractivity contribution >= 4 is 0 Å². The summed E-state index contributed by atoms with van der Waals surface area (Å²) in [6.45, 7) is 0.869. The Labute approximate surface area is 97.6 Å². The van der Waals surface area contributed by atoms with Crippen molar-refractivity contribution in [1.29, 1.82) is 0 Å². The number of ether oxygens (including phenoxy) is 2. The Bertz CT molecular complexity index is 595. The molecule has 0 saturated carbocycles. The van der Waals surface area contributed by atoms with E-state index in [1.54, 1.807) is 11.8 Å². The summed E-state index contributed by atoms with van der Waals surface area (Å²) in [5.41, 5.74) is 2.45. The number of nitrogens with zero attached hydrogens (tertiary/aromatic N) is 1. The Balaban J connectivity index is 2.09. The highest BCUT2D eigenvalue weighted by molar-refractivity contribution is 5.39. The maximum Gasteiger partial charge on any atom is 0.270 e. The van der Waals surface area contributed by atoms with Gasteiger partial charge < -0.3 is 9.47 Å². The van der Waals surface area contributed by atoms with Gasteiger partial charge in [-0.25, -0.2) is 0 Å². The molecule has 3 rings (SSSR count). The van der Waals surface area contributed by atoms with Crippen LogP contribution >= 0.6 is 0 Å². The zero-order valence-electron chi connectivity index (χ0n) is 9.40. The largest absolute Gasteiger partial charge is 0.497 e. The Morgan fingerprint density at radius 2 is 2.06 bits per heavy atom. The highest BCUT2D eigenvalue weighted by atomic mass is 16.5.